The molecule has 0 aromatic heterocycles. The molecule has 0 spiro atoms. The Balaban J connectivity index is 1.88. The SMILES string of the molecule is O=C(c1cc(C(F)(F)F)ccc1CN1CCNCC1)N1CCCCC1. The molecule has 3 rings (SSSR count). The van der Waals surface area contributed by atoms with E-state index in [1.165, 1.54) is 6.07 Å². The number of nitrogens with one attached hydrogen (secondary N) is 1. The summed E-state index contributed by atoms with van der Waals surface area (Å²) >= 11 is 0. The summed E-state index contributed by atoms with van der Waals surface area (Å²) in [5, 5.41) is 3.25. The summed E-state index contributed by atoms with van der Waals surface area (Å²) in [6, 6.07) is 3.60. The van der Waals surface area contributed by atoms with E-state index in [2.05, 4.69) is 10.2 Å². The molecule has 0 unspecified atom stereocenters. The van der Waals surface area contributed by atoms with Crippen LogP contribution in [0.4, 0.5) is 13.2 Å². The maximum atomic E-state index is 13.1. The minimum absolute atomic E-state index is 0.204. The van der Waals surface area contributed by atoms with Crippen LogP contribution in [0.3, 0.4) is 0 Å². The van der Waals surface area contributed by atoms with Gasteiger partial charge in [0.25, 0.3) is 5.91 Å². The monoisotopic (exact) mass is 355 g/mol. The maximum absolute atomic E-state index is 13.1. The number of carbonyl (C=O) groups is 1. The molecule has 2 aliphatic heterocycles. The number of piperazine rings is 1. The Morgan fingerprint density at radius 2 is 1.72 bits per heavy atom. The number of halogens is 3. The van der Waals surface area contributed by atoms with Crippen molar-refractivity contribution in [2.75, 3.05) is 39.3 Å². The number of rotatable bonds is 3. The Hall–Kier alpha value is -1.60. The Morgan fingerprint density at radius 1 is 1.04 bits per heavy atom. The second-order valence-corrected chi connectivity index (χ2v) is 6.75. The van der Waals surface area contributed by atoms with Crippen molar-refractivity contribution in [1.82, 2.24) is 15.1 Å². The number of hydrogen-bond donors (Lipinski definition) is 1. The maximum Gasteiger partial charge on any atom is 0.416 e. The summed E-state index contributed by atoms with van der Waals surface area (Å²) in [7, 11) is 0. The molecule has 0 aliphatic carbocycles. The minimum atomic E-state index is -4.44. The van der Waals surface area contributed by atoms with E-state index in [0.29, 0.717) is 25.2 Å². The molecule has 1 N–H and O–H groups in total. The predicted molar refractivity (Wildman–Crippen MR) is 89.3 cm³/mol. The zero-order chi connectivity index (χ0) is 17.9. The summed E-state index contributed by atoms with van der Waals surface area (Å²) < 4.78 is 39.4. The lowest BCUT2D eigenvalue weighted by Crippen LogP contribution is -2.43. The van der Waals surface area contributed by atoms with Crippen molar-refractivity contribution in [2.45, 2.75) is 32.0 Å². The van der Waals surface area contributed by atoms with E-state index in [9.17, 15) is 18.0 Å². The summed E-state index contributed by atoms with van der Waals surface area (Å²) in [5.74, 6) is -0.268. The third-order valence-electron chi connectivity index (χ3n) is 4.91. The quantitative estimate of drug-likeness (QED) is 0.906. The first-order valence-corrected chi connectivity index (χ1v) is 8.87. The molecule has 7 heteroatoms. The first kappa shape index (κ1) is 18.2. The zero-order valence-electron chi connectivity index (χ0n) is 14.2. The van der Waals surface area contributed by atoms with Gasteiger partial charge in [0.2, 0.25) is 0 Å². The van der Waals surface area contributed by atoms with Crippen LogP contribution in [0.15, 0.2) is 18.2 Å². The highest BCUT2D eigenvalue weighted by Crippen LogP contribution is 2.31. The molecule has 0 saturated carbocycles. The van der Waals surface area contributed by atoms with Crippen molar-refractivity contribution in [3.05, 3.63) is 34.9 Å². The number of carbonyl (C=O) groups excluding carboxylic acids is 1. The van der Waals surface area contributed by atoms with Crippen LogP contribution in [0.1, 0.15) is 40.7 Å². The van der Waals surface area contributed by atoms with E-state index < -0.39 is 11.7 Å². The number of benzene rings is 1. The van der Waals surface area contributed by atoms with Gasteiger partial charge in [-0.05, 0) is 37.0 Å². The molecule has 2 saturated heterocycles. The van der Waals surface area contributed by atoms with Gasteiger partial charge in [-0.25, -0.2) is 0 Å². The number of likely N-dealkylation sites (tertiary alicyclic amines) is 1. The number of piperidine rings is 1. The van der Waals surface area contributed by atoms with E-state index >= 15 is 0 Å². The fraction of sp³-hybridized carbons (Fsp3) is 0.611. The second-order valence-electron chi connectivity index (χ2n) is 6.75. The second kappa shape index (κ2) is 7.74. The van der Waals surface area contributed by atoms with E-state index in [1.807, 2.05) is 0 Å². The first-order valence-electron chi connectivity index (χ1n) is 8.87. The highest BCUT2D eigenvalue weighted by atomic mass is 19.4. The summed E-state index contributed by atoms with van der Waals surface area (Å²) in [6.45, 7) is 5.14. The van der Waals surface area contributed by atoms with Gasteiger partial charge in [0.15, 0.2) is 0 Å². The van der Waals surface area contributed by atoms with Crippen LogP contribution in [0.2, 0.25) is 0 Å². The van der Waals surface area contributed by atoms with E-state index in [4.69, 9.17) is 0 Å². The van der Waals surface area contributed by atoms with Gasteiger partial charge >= 0.3 is 6.18 Å². The topological polar surface area (TPSA) is 35.6 Å². The van der Waals surface area contributed by atoms with Crippen LogP contribution in [-0.2, 0) is 12.7 Å². The molecule has 1 aromatic carbocycles. The van der Waals surface area contributed by atoms with Crippen molar-refractivity contribution in [1.29, 1.82) is 0 Å². The molecule has 0 atom stereocenters. The molecular weight excluding hydrogens is 331 g/mol. The third-order valence-corrected chi connectivity index (χ3v) is 4.91. The molecule has 2 fully saturated rings. The Labute approximate surface area is 146 Å². The fourth-order valence-electron chi connectivity index (χ4n) is 3.47. The average molecular weight is 355 g/mol. The van der Waals surface area contributed by atoms with E-state index in [0.717, 1.165) is 57.6 Å². The summed E-state index contributed by atoms with van der Waals surface area (Å²) in [4.78, 5) is 16.7. The predicted octanol–water partition coefficient (Wildman–Crippen LogP) is 2.74. The number of hydrogen-bond acceptors (Lipinski definition) is 3. The van der Waals surface area contributed by atoms with Gasteiger partial charge in [-0.2, -0.15) is 13.2 Å². The van der Waals surface area contributed by atoms with Crippen molar-refractivity contribution in [3.63, 3.8) is 0 Å². The van der Waals surface area contributed by atoms with Gasteiger partial charge in [0.1, 0.15) is 0 Å². The van der Waals surface area contributed by atoms with Crippen LogP contribution in [0, 0.1) is 0 Å². The van der Waals surface area contributed by atoms with Gasteiger partial charge in [0, 0.05) is 51.4 Å². The molecule has 1 aromatic rings. The van der Waals surface area contributed by atoms with Crippen LogP contribution in [-0.4, -0.2) is 55.0 Å². The smallest absolute Gasteiger partial charge is 0.339 e. The summed E-state index contributed by atoms with van der Waals surface area (Å²) in [6.07, 6.45) is -1.54. The lowest BCUT2D eigenvalue weighted by molar-refractivity contribution is -0.137. The number of nitrogens with zero attached hydrogens (tertiary/aromatic N) is 2. The Kier molecular flexibility index (Phi) is 5.64. The van der Waals surface area contributed by atoms with Crippen molar-refractivity contribution in [3.8, 4) is 0 Å². The Morgan fingerprint density at radius 3 is 2.36 bits per heavy atom. The number of alkyl halides is 3. The van der Waals surface area contributed by atoms with Gasteiger partial charge < -0.3 is 10.2 Å². The van der Waals surface area contributed by atoms with Crippen LogP contribution < -0.4 is 5.32 Å². The van der Waals surface area contributed by atoms with Crippen LogP contribution in [0.5, 0.6) is 0 Å². The minimum Gasteiger partial charge on any atom is -0.339 e. The van der Waals surface area contributed by atoms with Gasteiger partial charge in [-0.15, -0.1) is 0 Å². The lowest BCUT2D eigenvalue weighted by Gasteiger charge is -2.30. The van der Waals surface area contributed by atoms with Crippen LogP contribution in [0.25, 0.3) is 0 Å². The molecule has 25 heavy (non-hydrogen) atoms. The van der Waals surface area contributed by atoms with Crippen molar-refractivity contribution < 1.29 is 18.0 Å². The number of amides is 1. The first-order chi connectivity index (χ1) is 11.9. The standard InChI is InChI=1S/C18H24F3N3O/c19-18(20,21)15-5-4-14(13-23-10-6-22-7-11-23)16(12-15)17(25)24-8-2-1-3-9-24/h4-5,12,22H,1-3,6-11,13H2. The molecule has 4 nitrogen and oxygen atoms in total. The van der Waals surface area contributed by atoms with E-state index in [1.54, 1.807) is 4.90 Å². The summed E-state index contributed by atoms with van der Waals surface area (Å²) in [5.41, 5.74) is 0.137. The third kappa shape index (κ3) is 4.52. The zero-order valence-corrected chi connectivity index (χ0v) is 14.2. The highest BCUT2D eigenvalue weighted by Gasteiger charge is 2.32. The molecule has 2 aliphatic rings. The fourth-order valence-corrected chi connectivity index (χ4v) is 3.47. The highest BCUT2D eigenvalue weighted by molar-refractivity contribution is 5.96. The molecule has 0 bridgehead atoms. The average Bonchev–Trinajstić information content (AvgIpc) is 2.62. The largest absolute Gasteiger partial charge is 0.416 e. The molecular formula is C18H24F3N3O. The van der Waals surface area contributed by atoms with Gasteiger partial charge in [-0.3, -0.25) is 9.69 Å². The van der Waals surface area contributed by atoms with Gasteiger partial charge in [-0.1, -0.05) is 6.07 Å². The van der Waals surface area contributed by atoms with Crippen LogP contribution >= 0.6 is 0 Å². The van der Waals surface area contributed by atoms with Crippen molar-refractivity contribution in [2.24, 2.45) is 0 Å². The van der Waals surface area contributed by atoms with E-state index in [-0.39, 0.29) is 11.5 Å². The normalized spacial score (nSPS) is 19.9. The molecule has 138 valence electrons. The molecule has 2 heterocycles. The molecule has 0 radical (unpaired) electrons. The Bertz CT molecular complexity index is 606. The lowest BCUT2D eigenvalue weighted by atomic mass is 10.00. The van der Waals surface area contributed by atoms with Gasteiger partial charge in [0.05, 0.1) is 5.56 Å². The van der Waals surface area contributed by atoms with Crippen molar-refractivity contribution >= 4 is 5.91 Å². The molecule has 1 amide bonds.